The smallest absolute Gasteiger partial charge is 0.0834 e. The molecule has 0 aliphatic rings. The molecule has 1 aromatic rings. The van der Waals surface area contributed by atoms with Crippen LogP contribution in [0.5, 0.6) is 0 Å². The van der Waals surface area contributed by atoms with Crippen LogP contribution in [0, 0.1) is 5.41 Å². The van der Waals surface area contributed by atoms with Gasteiger partial charge in [-0.15, -0.1) is 0 Å². The van der Waals surface area contributed by atoms with Crippen LogP contribution < -0.4 is 5.32 Å². The Labute approximate surface area is 122 Å². The monoisotopic (exact) mass is 285 g/mol. The van der Waals surface area contributed by atoms with Gasteiger partial charge < -0.3 is 5.32 Å². The van der Waals surface area contributed by atoms with Crippen LogP contribution in [0.15, 0.2) is 6.20 Å². The lowest BCUT2D eigenvalue weighted by molar-refractivity contribution is 0.221. The molecule has 1 heterocycles. The van der Waals surface area contributed by atoms with Crippen LogP contribution in [-0.2, 0) is 0 Å². The Hall–Kier alpha value is -0.540. The molecule has 0 aliphatic heterocycles. The van der Waals surface area contributed by atoms with Crippen LogP contribution in [0.4, 0.5) is 0 Å². The lowest BCUT2D eigenvalue weighted by atomic mass is 9.80. The van der Waals surface area contributed by atoms with Gasteiger partial charge in [0.25, 0.3) is 0 Å². The summed E-state index contributed by atoms with van der Waals surface area (Å²) in [6.45, 7) is 14.3. The average Bonchev–Trinajstić information content (AvgIpc) is 2.72. The zero-order valence-corrected chi connectivity index (χ0v) is 13.9. The van der Waals surface area contributed by atoms with Crippen molar-refractivity contribution in [2.75, 3.05) is 6.54 Å². The first-order valence-corrected chi connectivity index (χ1v) is 7.69. The summed E-state index contributed by atoms with van der Waals surface area (Å²) in [5.41, 5.74) is 1.27. The van der Waals surface area contributed by atoms with Crippen molar-refractivity contribution >= 4 is 11.6 Å². The molecule has 0 aliphatic carbocycles. The Bertz CT molecular complexity index is 396. The fraction of sp³-hybridized carbons (Fsp3) is 0.800. The molecule has 1 unspecified atom stereocenters. The first-order valence-electron chi connectivity index (χ1n) is 7.31. The molecule has 0 saturated carbocycles. The van der Waals surface area contributed by atoms with Crippen molar-refractivity contribution < 1.29 is 0 Å². The van der Waals surface area contributed by atoms with E-state index in [-0.39, 0.29) is 11.5 Å². The third kappa shape index (κ3) is 3.73. The maximum atomic E-state index is 6.40. The third-order valence-electron chi connectivity index (χ3n) is 3.84. The van der Waals surface area contributed by atoms with E-state index >= 15 is 0 Å². The fourth-order valence-corrected chi connectivity index (χ4v) is 2.51. The number of hydrogen-bond donors (Lipinski definition) is 1. The highest BCUT2D eigenvalue weighted by Crippen LogP contribution is 2.39. The van der Waals surface area contributed by atoms with E-state index in [1.165, 1.54) is 0 Å². The highest BCUT2D eigenvalue weighted by Gasteiger charge is 2.33. The minimum Gasteiger partial charge on any atom is -0.308 e. The van der Waals surface area contributed by atoms with Gasteiger partial charge in [-0.1, -0.05) is 39.3 Å². The van der Waals surface area contributed by atoms with Gasteiger partial charge in [-0.05, 0) is 38.6 Å². The maximum Gasteiger partial charge on any atom is 0.0834 e. The highest BCUT2D eigenvalue weighted by molar-refractivity contribution is 6.31. The lowest BCUT2D eigenvalue weighted by Crippen LogP contribution is -2.36. The summed E-state index contributed by atoms with van der Waals surface area (Å²) in [4.78, 5) is 0. The summed E-state index contributed by atoms with van der Waals surface area (Å²) in [5, 5.41) is 8.86. The van der Waals surface area contributed by atoms with E-state index in [4.69, 9.17) is 11.6 Å². The normalized spacial score (nSPS) is 14.1. The first kappa shape index (κ1) is 16.5. The van der Waals surface area contributed by atoms with E-state index in [9.17, 15) is 0 Å². The van der Waals surface area contributed by atoms with E-state index < -0.39 is 0 Å². The van der Waals surface area contributed by atoms with Crippen LogP contribution in [0.2, 0.25) is 5.02 Å². The van der Waals surface area contributed by atoms with Gasteiger partial charge >= 0.3 is 0 Å². The van der Waals surface area contributed by atoms with Gasteiger partial charge in [0.05, 0.1) is 23.0 Å². The Morgan fingerprint density at radius 2 is 2.00 bits per heavy atom. The van der Waals surface area contributed by atoms with Crippen molar-refractivity contribution in [2.45, 2.75) is 66.5 Å². The highest BCUT2D eigenvalue weighted by atomic mass is 35.5. The van der Waals surface area contributed by atoms with Gasteiger partial charge in [0, 0.05) is 6.04 Å². The molecule has 110 valence electrons. The fourth-order valence-electron chi connectivity index (χ4n) is 2.27. The summed E-state index contributed by atoms with van der Waals surface area (Å²) in [7, 11) is 0. The molecule has 1 N–H and O–H groups in total. The van der Waals surface area contributed by atoms with E-state index in [1.807, 2.05) is 4.68 Å². The number of halogens is 1. The summed E-state index contributed by atoms with van der Waals surface area (Å²) < 4.78 is 2.05. The second kappa shape index (κ2) is 6.76. The number of nitrogens with zero attached hydrogens (tertiary/aromatic N) is 2. The summed E-state index contributed by atoms with van der Waals surface area (Å²) in [6.07, 6.45) is 3.97. The molecule has 0 fully saturated rings. The van der Waals surface area contributed by atoms with Crippen LogP contribution in [0.3, 0.4) is 0 Å². The van der Waals surface area contributed by atoms with Crippen molar-refractivity contribution in [3.8, 4) is 0 Å². The zero-order valence-electron chi connectivity index (χ0n) is 13.1. The van der Waals surface area contributed by atoms with Crippen LogP contribution in [0.25, 0.3) is 0 Å². The Kier molecular flexibility index (Phi) is 5.87. The second-order valence-corrected chi connectivity index (χ2v) is 6.55. The molecule has 4 heteroatoms. The molecular weight excluding hydrogens is 258 g/mol. The van der Waals surface area contributed by atoms with Gasteiger partial charge in [0.2, 0.25) is 0 Å². The number of aromatic nitrogens is 2. The molecule has 0 bridgehead atoms. The zero-order chi connectivity index (χ0) is 14.6. The van der Waals surface area contributed by atoms with Crippen LogP contribution >= 0.6 is 11.6 Å². The molecule has 0 amide bonds. The molecule has 0 saturated heterocycles. The topological polar surface area (TPSA) is 29.9 Å². The molecule has 3 nitrogen and oxygen atoms in total. The SMILES string of the molecule is CCCNC(c1c(Cl)cnn1C(C)C)C(C)(C)CC. The Morgan fingerprint density at radius 1 is 1.37 bits per heavy atom. The number of nitrogens with one attached hydrogen (secondary N) is 1. The van der Waals surface area contributed by atoms with E-state index in [2.05, 4.69) is 52.0 Å². The maximum absolute atomic E-state index is 6.40. The summed E-state index contributed by atoms with van der Waals surface area (Å²) in [5.74, 6) is 0. The van der Waals surface area contributed by atoms with Crippen molar-refractivity contribution in [3.63, 3.8) is 0 Å². The van der Waals surface area contributed by atoms with Crippen molar-refractivity contribution in [2.24, 2.45) is 5.41 Å². The summed E-state index contributed by atoms with van der Waals surface area (Å²) in [6, 6.07) is 0.552. The lowest BCUT2D eigenvalue weighted by Gasteiger charge is -2.35. The van der Waals surface area contributed by atoms with Gasteiger partial charge in [-0.25, -0.2) is 0 Å². The quantitative estimate of drug-likeness (QED) is 0.794. The van der Waals surface area contributed by atoms with Crippen LogP contribution in [0.1, 0.15) is 72.2 Å². The molecule has 19 heavy (non-hydrogen) atoms. The average molecular weight is 286 g/mol. The molecule has 1 rings (SSSR count). The van der Waals surface area contributed by atoms with Crippen molar-refractivity contribution in [3.05, 3.63) is 16.9 Å². The molecule has 1 atom stereocenters. The van der Waals surface area contributed by atoms with Gasteiger partial charge in [-0.3, -0.25) is 4.68 Å². The van der Waals surface area contributed by atoms with E-state index in [1.54, 1.807) is 6.20 Å². The van der Waals surface area contributed by atoms with E-state index in [0.717, 1.165) is 30.1 Å². The first-order chi connectivity index (χ1) is 8.85. The van der Waals surface area contributed by atoms with E-state index in [0.29, 0.717) is 6.04 Å². The minimum absolute atomic E-state index is 0.144. The Balaban J connectivity index is 3.20. The Morgan fingerprint density at radius 3 is 2.47 bits per heavy atom. The second-order valence-electron chi connectivity index (χ2n) is 6.15. The third-order valence-corrected chi connectivity index (χ3v) is 4.13. The number of hydrogen-bond acceptors (Lipinski definition) is 2. The minimum atomic E-state index is 0.144. The van der Waals surface area contributed by atoms with Crippen LogP contribution in [-0.4, -0.2) is 16.3 Å². The predicted octanol–water partition coefficient (Wildman–Crippen LogP) is 4.59. The van der Waals surface area contributed by atoms with Gasteiger partial charge in [0.1, 0.15) is 0 Å². The standard InChI is InChI=1S/C15H28ClN3/c1-7-9-17-14(15(5,6)8-2)13-12(16)10-18-19(13)11(3)4/h10-11,14,17H,7-9H2,1-6H3. The molecule has 0 aromatic carbocycles. The molecule has 0 radical (unpaired) electrons. The van der Waals surface area contributed by atoms with Gasteiger partial charge in [0.15, 0.2) is 0 Å². The van der Waals surface area contributed by atoms with Gasteiger partial charge in [-0.2, -0.15) is 5.10 Å². The molecule has 1 aromatic heterocycles. The van der Waals surface area contributed by atoms with Crippen molar-refractivity contribution in [1.82, 2.24) is 15.1 Å². The predicted molar refractivity (Wildman–Crippen MR) is 82.7 cm³/mol. The number of rotatable bonds is 7. The van der Waals surface area contributed by atoms with Crippen molar-refractivity contribution in [1.29, 1.82) is 0 Å². The summed E-state index contributed by atoms with van der Waals surface area (Å²) >= 11 is 6.40. The molecular formula is C15H28ClN3. The molecule has 0 spiro atoms. The largest absolute Gasteiger partial charge is 0.308 e.